The van der Waals surface area contributed by atoms with Crippen molar-refractivity contribution in [2.24, 2.45) is 11.8 Å². The highest BCUT2D eigenvalue weighted by Crippen LogP contribution is 2.29. The Balaban J connectivity index is 2.28. The number of piperidine rings is 1. The summed E-state index contributed by atoms with van der Waals surface area (Å²) < 4.78 is 36.5. The molecule has 0 N–H and O–H groups in total. The second-order valence-corrected chi connectivity index (χ2v) is 4.99. The molecule has 1 saturated heterocycles. The van der Waals surface area contributed by atoms with Crippen molar-refractivity contribution in [3.05, 3.63) is 0 Å². The molecule has 16 heavy (non-hydrogen) atoms. The van der Waals surface area contributed by atoms with Crippen LogP contribution in [0.2, 0.25) is 0 Å². The molecule has 0 amide bonds. The Kier molecular flexibility index (Phi) is 5.09. The first-order valence-electron chi connectivity index (χ1n) is 6.21. The van der Waals surface area contributed by atoms with Gasteiger partial charge in [-0.25, -0.2) is 0 Å². The van der Waals surface area contributed by atoms with Crippen LogP contribution in [0.15, 0.2) is 0 Å². The SMILES string of the molecule is CCCC(C)C1CCN(CC(F)(F)F)CC1. The van der Waals surface area contributed by atoms with E-state index in [0.29, 0.717) is 24.9 Å². The zero-order chi connectivity index (χ0) is 12.2. The standard InChI is InChI=1S/C12H22F3N/c1-3-4-10(2)11-5-7-16(8-6-11)9-12(13,14)15/h10-11H,3-9H2,1-2H3. The number of hydrogen-bond acceptors (Lipinski definition) is 1. The Labute approximate surface area is 96.0 Å². The second kappa shape index (κ2) is 5.89. The van der Waals surface area contributed by atoms with Crippen LogP contribution >= 0.6 is 0 Å². The van der Waals surface area contributed by atoms with Gasteiger partial charge in [0.2, 0.25) is 0 Å². The molecule has 1 aliphatic rings. The smallest absolute Gasteiger partial charge is 0.295 e. The summed E-state index contributed by atoms with van der Waals surface area (Å²) in [4.78, 5) is 1.54. The van der Waals surface area contributed by atoms with Gasteiger partial charge in [-0.3, -0.25) is 4.90 Å². The molecule has 0 aromatic carbocycles. The van der Waals surface area contributed by atoms with E-state index in [0.717, 1.165) is 12.8 Å². The van der Waals surface area contributed by atoms with Gasteiger partial charge in [0.25, 0.3) is 0 Å². The van der Waals surface area contributed by atoms with Gasteiger partial charge in [-0.15, -0.1) is 0 Å². The minimum Gasteiger partial charge on any atom is -0.295 e. The summed E-state index contributed by atoms with van der Waals surface area (Å²) in [6.07, 6.45) is 0.185. The molecule has 1 aliphatic heterocycles. The summed E-state index contributed by atoms with van der Waals surface area (Å²) in [6.45, 7) is 4.88. The maximum Gasteiger partial charge on any atom is 0.401 e. The van der Waals surface area contributed by atoms with Crippen LogP contribution < -0.4 is 0 Å². The summed E-state index contributed by atoms with van der Waals surface area (Å²) in [5, 5.41) is 0. The molecule has 96 valence electrons. The summed E-state index contributed by atoms with van der Waals surface area (Å²) in [7, 11) is 0. The number of halogens is 3. The van der Waals surface area contributed by atoms with E-state index < -0.39 is 12.7 Å². The molecule has 1 unspecified atom stereocenters. The highest BCUT2D eigenvalue weighted by Gasteiger charge is 2.33. The molecule has 1 rings (SSSR count). The molecule has 0 radical (unpaired) electrons. The van der Waals surface area contributed by atoms with Gasteiger partial charge < -0.3 is 0 Å². The van der Waals surface area contributed by atoms with Gasteiger partial charge in [0.1, 0.15) is 0 Å². The van der Waals surface area contributed by atoms with Gasteiger partial charge in [-0.2, -0.15) is 13.2 Å². The number of likely N-dealkylation sites (tertiary alicyclic amines) is 1. The van der Waals surface area contributed by atoms with Crippen LogP contribution in [0.1, 0.15) is 39.5 Å². The van der Waals surface area contributed by atoms with E-state index in [1.165, 1.54) is 17.7 Å². The average molecular weight is 237 g/mol. The van der Waals surface area contributed by atoms with Gasteiger partial charge in [-0.1, -0.05) is 26.7 Å². The highest BCUT2D eigenvalue weighted by atomic mass is 19.4. The van der Waals surface area contributed by atoms with Crippen molar-refractivity contribution in [2.75, 3.05) is 19.6 Å². The van der Waals surface area contributed by atoms with Crippen molar-refractivity contribution in [3.63, 3.8) is 0 Å². The molecule has 0 aliphatic carbocycles. The molecule has 0 bridgehead atoms. The van der Waals surface area contributed by atoms with Crippen molar-refractivity contribution in [1.82, 2.24) is 4.90 Å². The fourth-order valence-electron chi connectivity index (χ4n) is 2.62. The van der Waals surface area contributed by atoms with Gasteiger partial charge >= 0.3 is 6.18 Å². The van der Waals surface area contributed by atoms with Crippen LogP contribution in [-0.4, -0.2) is 30.7 Å². The Bertz CT molecular complexity index is 195. The Hall–Kier alpha value is -0.250. The molecular weight excluding hydrogens is 215 g/mol. The summed E-state index contributed by atoms with van der Waals surface area (Å²) >= 11 is 0. The minimum absolute atomic E-state index is 0.609. The van der Waals surface area contributed by atoms with E-state index in [1.807, 2.05) is 0 Å². The Morgan fingerprint density at radius 2 is 1.81 bits per heavy atom. The van der Waals surface area contributed by atoms with Crippen molar-refractivity contribution >= 4 is 0 Å². The lowest BCUT2D eigenvalue weighted by Gasteiger charge is -2.35. The Morgan fingerprint density at radius 3 is 2.25 bits per heavy atom. The second-order valence-electron chi connectivity index (χ2n) is 4.99. The molecule has 1 atom stereocenters. The summed E-state index contributed by atoms with van der Waals surface area (Å²) in [6, 6.07) is 0. The molecule has 1 fully saturated rings. The van der Waals surface area contributed by atoms with Crippen molar-refractivity contribution in [1.29, 1.82) is 0 Å². The molecule has 0 saturated carbocycles. The third kappa shape index (κ3) is 4.73. The fourth-order valence-corrected chi connectivity index (χ4v) is 2.62. The lowest BCUT2D eigenvalue weighted by Crippen LogP contribution is -2.41. The van der Waals surface area contributed by atoms with Crippen molar-refractivity contribution in [2.45, 2.75) is 45.7 Å². The molecule has 0 aromatic rings. The maximum absolute atomic E-state index is 12.2. The molecule has 0 spiro atoms. The van der Waals surface area contributed by atoms with Crippen molar-refractivity contribution < 1.29 is 13.2 Å². The minimum atomic E-state index is -4.04. The van der Waals surface area contributed by atoms with E-state index in [-0.39, 0.29) is 0 Å². The lowest BCUT2D eigenvalue weighted by atomic mass is 9.83. The highest BCUT2D eigenvalue weighted by molar-refractivity contribution is 4.77. The zero-order valence-corrected chi connectivity index (χ0v) is 10.2. The van der Waals surface area contributed by atoms with Crippen LogP contribution in [0.4, 0.5) is 13.2 Å². The van der Waals surface area contributed by atoms with Gasteiger partial charge in [0, 0.05) is 0 Å². The number of rotatable bonds is 4. The van der Waals surface area contributed by atoms with Gasteiger partial charge in [0.05, 0.1) is 6.54 Å². The van der Waals surface area contributed by atoms with Gasteiger partial charge in [-0.05, 0) is 37.8 Å². The third-order valence-electron chi connectivity index (χ3n) is 3.58. The first-order valence-corrected chi connectivity index (χ1v) is 6.21. The molecule has 1 nitrogen and oxygen atoms in total. The maximum atomic E-state index is 12.2. The summed E-state index contributed by atoms with van der Waals surface area (Å²) in [5.41, 5.74) is 0. The fraction of sp³-hybridized carbons (Fsp3) is 1.00. The molecule has 4 heteroatoms. The molecule has 1 heterocycles. The van der Waals surface area contributed by atoms with Crippen LogP contribution in [0, 0.1) is 11.8 Å². The number of hydrogen-bond donors (Lipinski definition) is 0. The normalized spacial score (nSPS) is 22.3. The monoisotopic (exact) mass is 237 g/mol. The van der Waals surface area contributed by atoms with Crippen LogP contribution in [0.3, 0.4) is 0 Å². The predicted octanol–water partition coefficient (Wildman–Crippen LogP) is 3.70. The topological polar surface area (TPSA) is 3.24 Å². The van der Waals surface area contributed by atoms with E-state index in [2.05, 4.69) is 13.8 Å². The van der Waals surface area contributed by atoms with E-state index in [1.54, 1.807) is 0 Å². The number of alkyl halides is 3. The molecule has 0 aromatic heterocycles. The largest absolute Gasteiger partial charge is 0.401 e. The van der Waals surface area contributed by atoms with E-state index in [9.17, 15) is 13.2 Å². The Morgan fingerprint density at radius 1 is 1.25 bits per heavy atom. The average Bonchev–Trinajstić information content (AvgIpc) is 2.16. The van der Waals surface area contributed by atoms with Crippen LogP contribution in [0.5, 0.6) is 0 Å². The van der Waals surface area contributed by atoms with Gasteiger partial charge in [0.15, 0.2) is 0 Å². The first-order chi connectivity index (χ1) is 7.42. The summed E-state index contributed by atoms with van der Waals surface area (Å²) in [5.74, 6) is 1.29. The first kappa shape index (κ1) is 13.8. The quantitative estimate of drug-likeness (QED) is 0.720. The van der Waals surface area contributed by atoms with E-state index >= 15 is 0 Å². The van der Waals surface area contributed by atoms with Crippen LogP contribution in [0.25, 0.3) is 0 Å². The van der Waals surface area contributed by atoms with Crippen LogP contribution in [-0.2, 0) is 0 Å². The van der Waals surface area contributed by atoms with E-state index in [4.69, 9.17) is 0 Å². The predicted molar refractivity (Wildman–Crippen MR) is 59.3 cm³/mol. The number of nitrogens with zero attached hydrogens (tertiary/aromatic N) is 1. The lowest BCUT2D eigenvalue weighted by molar-refractivity contribution is -0.149. The molecular formula is C12H22F3N. The zero-order valence-electron chi connectivity index (χ0n) is 10.2. The van der Waals surface area contributed by atoms with Crippen molar-refractivity contribution in [3.8, 4) is 0 Å². The third-order valence-corrected chi connectivity index (χ3v) is 3.58.